The Balaban J connectivity index is 1.64. The molecule has 23 heavy (non-hydrogen) atoms. The van der Waals surface area contributed by atoms with E-state index < -0.39 is 5.91 Å². The lowest BCUT2D eigenvalue weighted by Gasteiger charge is -2.38. The van der Waals surface area contributed by atoms with Crippen LogP contribution in [0.2, 0.25) is 0 Å². The molecule has 0 bridgehead atoms. The van der Waals surface area contributed by atoms with Gasteiger partial charge in [0.25, 0.3) is 5.91 Å². The van der Waals surface area contributed by atoms with Crippen LogP contribution in [-0.2, 0) is 0 Å². The van der Waals surface area contributed by atoms with Crippen LogP contribution >= 0.6 is 0 Å². The van der Waals surface area contributed by atoms with Crippen molar-refractivity contribution < 1.29 is 4.79 Å². The largest absolute Gasteiger partial charge is 0.371 e. The molecule has 7 nitrogen and oxygen atoms in total. The number of hydrogen-bond acceptors (Lipinski definition) is 6. The van der Waals surface area contributed by atoms with Crippen molar-refractivity contribution in [3.63, 3.8) is 0 Å². The van der Waals surface area contributed by atoms with Crippen molar-refractivity contribution in [3.05, 3.63) is 42.6 Å². The third-order valence-corrected chi connectivity index (χ3v) is 4.30. The van der Waals surface area contributed by atoms with Crippen molar-refractivity contribution in [2.75, 3.05) is 29.9 Å². The van der Waals surface area contributed by atoms with E-state index in [0.717, 1.165) is 37.4 Å². The molecule has 3 heterocycles. The highest BCUT2D eigenvalue weighted by Gasteiger charge is 2.23. The van der Waals surface area contributed by atoms with E-state index in [-0.39, 0.29) is 0 Å². The molecule has 1 amide bonds. The third-order valence-electron chi connectivity index (χ3n) is 4.30. The van der Waals surface area contributed by atoms with Crippen molar-refractivity contribution in [2.24, 2.45) is 5.73 Å². The molecule has 0 aliphatic carbocycles. The molecule has 120 valence electrons. The van der Waals surface area contributed by atoms with Crippen molar-refractivity contribution in [1.82, 2.24) is 15.0 Å². The van der Waals surface area contributed by atoms with Gasteiger partial charge in [-0.25, -0.2) is 9.97 Å². The number of carbonyl (C=O) groups is 1. The Kier molecular flexibility index (Phi) is 4.36. The number of carbonyl (C=O) groups excluding carboxylic acids is 1. The Labute approximate surface area is 135 Å². The first-order chi connectivity index (χ1) is 11.1. The Bertz CT molecular complexity index is 669. The van der Waals surface area contributed by atoms with Crippen LogP contribution in [-0.4, -0.2) is 47.0 Å². The van der Waals surface area contributed by atoms with Gasteiger partial charge in [-0.3, -0.25) is 9.78 Å². The summed E-state index contributed by atoms with van der Waals surface area (Å²) in [6, 6.07) is 6.05. The smallest absolute Gasteiger partial charge is 0.267 e. The van der Waals surface area contributed by atoms with Gasteiger partial charge in [0, 0.05) is 44.3 Å². The van der Waals surface area contributed by atoms with Crippen molar-refractivity contribution in [1.29, 1.82) is 0 Å². The fraction of sp³-hybridized carbons (Fsp3) is 0.375. The van der Waals surface area contributed by atoms with E-state index >= 15 is 0 Å². The normalized spacial score (nSPS) is 15.4. The second-order valence-electron chi connectivity index (χ2n) is 5.66. The van der Waals surface area contributed by atoms with Gasteiger partial charge in [0.2, 0.25) is 0 Å². The quantitative estimate of drug-likeness (QED) is 0.908. The molecule has 1 aliphatic heterocycles. The standard InChI is InChI=1S/C16H20N6O/c1-21(15-3-6-18-11-20-15)12-4-8-22(9-5-12)13-2-7-19-14(10-13)16(17)23/h2-3,6-7,10-12H,4-5,8-9H2,1H3,(H2,17,23). The molecule has 0 radical (unpaired) electrons. The number of rotatable bonds is 4. The highest BCUT2D eigenvalue weighted by atomic mass is 16.1. The lowest BCUT2D eigenvalue weighted by Crippen LogP contribution is -2.43. The molecule has 1 aliphatic rings. The van der Waals surface area contributed by atoms with Gasteiger partial charge in [-0.05, 0) is 31.0 Å². The minimum Gasteiger partial charge on any atom is -0.371 e. The Morgan fingerprint density at radius 3 is 2.70 bits per heavy atom. The lowest BCUT2D eigenvalue weighted by atomic mass is 10.0. The first kappa shape index (κ1) is 15.2. The topological polar surface area (TPSA) is 88.2 Å². The average Bonchev–Trinajstić information content (AvgIpc) is 2.62. The van der Waals surface area contributed by atoms with Gasteiger partial charge < -0.3 is 15.5 Å². The van der Waals surface area contributed by atoms with Crippen LogP contribution in [0.4, 0.5) is 11.5 Å². The van der Waals surface area contributed by atoms with Gasteiger partial charge in [0.1, 0.15) is 17.8 Å². The molecule has 0 unspecified atom stereocenters. The van der Waals surface area contributed by atoms with Crippen molar-refractivity contribution in [3.8, 4) is 0 Å². The van der Waals surface area contributed by atoms with E-state index in [0.29, 0.717) is 11.7 Å². The van der Waals surface area contributed by atoms with Crippen LogP contribution in [0.25, 0.3) is 0 Å². The maximum atomic E-state index is 11.3. The first-order valence-corrected chi connectivity index (χ1v) is 7.65. The summed E-state index contributed by atoms with van der Waals surface area (Å²) in [5.41, 5.74) is 6.60. The summed E-state index contributed by atoms with van der Waals surface area (Å²) in [7, 11) is 2.07. The number of anilines is 2. The Morgan fingerprint density at radius 1 is 1.26 bits per heavy atom. The monoisotopic (exact) mass is 312 g/mol. The molecule has 2 aromatic heterocycles. The fourth-order valence-corrected chi connectivity index (χ4v) is 2.94. The molecule has 0 aromatic carbocycles. The third kappa shape index (κ3) is 3.39. The number of nitrogens with two attached hydrogens (primary N) is 1. The van der Waals surface area contributed by atoms with Gasteiger partial charge in [0.05, 0.1) is 0 Å². The number of piperidine rings is 1. The maximum Gasteiger partial charge on any atom is 0.267 e. The highest BCUT2D eigenvalue weighted by Crippen LogP contribution is 2.24. The number of primary amides is 1. The minimum atomic E-state index is -0.495. The second-order valence-corrected chi connectivity index (χ2v) is 5.66. The molecule has 2 N–H and O–H groups in total. The number of hydrogen-bond donors (Lipinski definition) is 1. The van der Waals surface area contributed by atoms with E-state index in [9.17, 15) is 4.79 Å². The molecular weight excluding hydrogens is 292 g/mol. The van der Waals surface area contributed by atoms with E-state index in [1.165, 1.54) is 0 Å². The number of amides is 1. The Morgan fingerprint density at radius 2 is 2.04 bits per heavy atom. The van der Waals surface area contributed by atoms with Gasteiger partial charge in [-0.1, -0.05) is 0 Å². The average molecular weight is 312 g/mol. The number of nitrogens with zero attached hydrogens (tertiary/aromatic N) is 5. The van der Waals surface area contributed by atoms with Crippen LogP contribution in [0.15, 0.2) is 36.9 Å². The van der Waals surface area contributed by atoms with Gasteiger partial charge >= 0.3 is 0 Å². The zero-order chi connectivity index (χ0) is 16.2. The van der Waals surface area contributed by atoms with Crippen LogP contribution in [0, 0.1) is 0 Å². The second kappa shape index (κ2) is 6.60. The zero-order valence-electron chi connectivity index (χ0n) is 13.1. The summed E-state index contributed by atoms with van der Waals surface area (Å²) in [4.78, 5) is 28.0. The molecule has 0 spiro atoms. The molecule has 1 fully saturated rings. The lowest BCUT2D eigenvalue weighted by molar-refractivity contribution is 0.0995. The molecule has 0 saturated carbocycles. The molecular formula is C16H20N6O. The summed E-state index contributed by atoms with van der Waals surface area (Å²) >= 11 is 0. The van der Waals surface area contributed by atoms with Crippen LogP contribution in [0.1, 0.15) is 23.3 Å². The highest BCUT2D eigenvalue weighted by molar-refractivity contribution is 5.91. The van der Waals surface area contributed by atoms with Crippen LogP contribution in [0.5, 0.6) is 0 Å². The minimum absolute atomic E-state index is 0.308. The van der Waals surface area contributed by atoms with Gasteiger partial charge in [-0.15, -0.1) is 0 Å². The van der Waals surface area contributed by atoms with Crippen molar-refractivity contribution >= 4 is 17.4 Å². The first-order valence-electron chi connectivity index (χ1n) is 7.65. The van der Waals surface area contributed by atoms with Gasteiger partial charge in [-0.2, -0.15) is 0 Å². The predicted molar refractivity (Wildman–Crippen MR) is 88.4 cm³/mol. The summed E-state index contributed by atoms with van der Waals surface area (Å²) < 4.78 is 0. The Hall–Kier alpha value is -2.70. The SMILES string of the molecule is CN(c1ccncn1)C1CCN(c2ccnc(C(N)=O)c2)CC1. The van der Waals surface area contributed by atoms with Gasteiger partial charge in [0.15, 0.2) is 0 Å². The number of aromatic nitrogens is 3. The summed E-state index contributed by atoms with van der Waals surface area (Å²) in [6.07, 6.45) is 7.01. The predicted octanol–water partition coefficient (Wildman–Crippen LogP) is 1.08. The van der Waals surface area contributed by atoms with Crippen LogP contribution in [0.3, 0.4) is 0 Å². The molecule has 2 aromatic rings. The molecule has 3 rings (SSSR count). The zero-order valence-corrected chi connectivity index (χ0v) is 13.1. The molecule has 1 saturated heterocycles. The van der Waals surface area contributed by atoms with Crippen molar-refractivity contribution in [2.45, 2.75) is 18.9 Å². The van der Waals surface area contributed by atoms with Crippen LogP contribution < -0.4 is 15.5 Å². The van der Waals surface area contributed by atoms with E-state index in [1.54, 1.807) is 24.8 Å². The summed E-state index contributed by atoms with van der Waals surface area (Å²) in [5.74, 6) is 0.448. The molecule has 0 atom stereocenters. The number of pyridine rings is 1. The van der Waals surface area contributed by atoms with E-state index in [2.05, 4.69) is 31.8 Å². The summed E-state index contributed by atoms with van der Waals surface area (Å²) in [6.45, 7) is 1.84. The van der Waals surface area contributed by atoms with E-state index in [1.807, 2.05) is 12.1 Å². The summed E-state index contributed by atoms with van der Waals surface area (Å²) in [5, 5.41) is 0. The van der Waals surface area contributed by atoms with E-state index in [4.69, 9.17) is 5.73 Å². The fourth-order valence-electron chi connectivity index (χ4n) is 2.94. The molecule has 7 heteroatoms. The maximum absolute atomic E-state index is 11.3.